The van der Waals surface area contributed by atoms with Crippen LogP contribution in [0.25, 0.3) is 0 Å². The average Bonchev–Trinajstić information content (AvgIpc) is 2.04. The lowest BCUT2D eigenvalue weighted by Gasteiger charge is -2.02. The van der Waals surface area contributed by atoms with Gasteiger partial charge in [-0.15, -0.1) is 0 Å². The smallest absolute Gasteiger partial charge is 0.172 e. The number of hydrogen-bond acceptors (Lipinski definition) is 3. The molecule has 0 aliphatic heterocycles. The lowest BCUT2D eigenvalue weighted by atomic mass is 10.3. The van der Waals surface area contributed by atoms with Gasteiger partial charge in [0.05, 0.1) is 12.1 Å². The number of aromatic nitrogens is 1. The normalized spacial score (nSPS) is 9.27. The Morgan fingerprint density at radius 1 is 1.73 bits per heavy atom. The Labute approximate surface area is 69.0 Å². The predicted octanol–water partition coefficient (Wildman–Crippen LogP) is 1.56. The van der Waals surface area contributed by atoms with E-state index in [4.69, 9.17) is 16.3 Å². The van der Waals surface area contributed by atoms with Crippen LogP contribution in [-0.4, -0.2) is 18.4 Å². The van der Waals surface area contributed by atoms with Crippen LogP contribution in [0.3, 0.4) is 0 Å². The Hall–Kier alpha value is -1.09. The van der Waals surface area contributed by atoms with Crippen molar-refractivity contribution in [3.05, 3.63) is 23.0 Å². The fourth-order valence-corrected chi connectivity index (χ4v) is 0.956. The molecule has 0 saturated heterocycles. The van der Waals surface area contributed by atoms with Gasteiger partial charge in [-0.25, -0.2) is 4.98 Å². The van der Waals surface area contributed by atoms with Crippen LogP contribution < -0.4 is 4.74 Å². The fraction of sp³-hybridized carbons (Fsp3) is 0.143. The van der Waals surface area contributed by atoms with E-state index in [1.165, 1.54) is 13.3 Å². The first kappa shape index (κ1) is 8.01. The third-order valence-corrected chi connectivity index (χ3v) is 1.50. The molecular formula is C7H6ClNO2. The van der Waals surface area contributed by atoms with Gasteiger partial charge in [-0.3, -0.25) is 4.79 Å². The molecular weight excluding hydrogens is 166 g/mol. The van der Waals surface area contributed by atoms with E-state index in [0.29, 0.717) is 17.1 Å². The Bertz CT molecular complexity index is 275. The third-order valence-electron chi connectivity index (χ3n) is 1.20. The molecule has 1 aromatic rings. The van der Waals surface area contributed by atoms with Crippen LogP contribution in [0.15, 0.2) is 12.3 Å². The number of rotatable bonds is 2. The molecule has 58 valence electrons. The van der Waals surface area contributed by atoms with Crippen LogP contribution in [0.4, 0.5) is 0 Å². The minimum Gasteiger partial charge on any atom is -0.493 e. The number of methoxy groups -OCH3 is 1. The fourth-order valence-electron chi connectivity index (χ4n) is 0.726. The van der Waals surface area contributed by atoms with Crippen molar-refractivity contribution < 1.29 is 9.53 Å². The van der Waals surface area contributed by atoms with Gasteiger partial charge in [0.2, 0.25) is 0 Å². The van der Waals surface area contributed by atoms with Gasteiger partial charge in [0.15, 0.2) is 12.0 Å². The minimum absolute atomic E-state index is 0.222. The zero-order chi connectivity index (χ0) is 8.27. The zero-order valence-electron chi connectivity index (χ0n) is 5.87. The lowest BCUT2D eigenvalue weighted by Crippen LogP contribution is -1.93. The molecule has 1 rings (SSSR count). The molecule has 1 heterocycles. The molecule has 0 saturated carbocycles. The highest BCUT2D eigenvalue weighted by Gasteiger charge is 2.06. The summed E-state index contributed by atoms with van der Waals surface area (Å²) in [6, 6.07) is 1.56. The Balaban J connectivity index is 3.23. The predicted molar refractivity (Wildman–Crippen MR) is 41.2 cm³/mol. The Morgan fingerprint density at radius 3 is 2.91 bits per heavy atom. The van der Waals surface area contributed by atoms with Crippen LogP contribution in [0.1, 0.15) is 10.5 Å². The van der Waals surface area contributed by atoms with Gasteiger partial charge < -0.3 is 4.74 Å². The highest BCUT2D eigenvalue weighted by atomic mass is 35.5. The summed E-state index contributed by atoms with van der Waals surface area (Å²) in [7, 11) is 1.44. The lowest BCUT2D eigenvalue weighted by molar-refractivity contribution is 0.111. The maximum Gasteiger partial charge on any atom is 0.172 e. The molecule has 4 heteroatoms. The number of nitrogens with zero attached hydrogens (tertiary/aromatic N) is 1. The third kappa shape index (κ3) is 1.49. The van der Waals surface area contributed by atoms with Crippen LogP contribution in [0.2, 0.25) is 5.02 Å². The first-order valence-corrected chi connectivity index (χ1v) is 3.31. The molecule has 0 N–H and O–H groups in total. The summed E-state index contributed by atoms with van der Waals surface area (Å²) in [6.45, 7) is 0. The summed E-state index contributed by atoms with van der Waals surface area (Å²) in [6.07, 6.45) is 2.05. The van der Waals surface area contributed by atoms with Gasteiger partial charge in [0.1, 0.15) is 5.69 Å². The highest BCUT2D eigenvalue weighted by Crippen LogP contribution is 2.24. The summed E-state index contributed by atoms with van der Waals surface area (Å²) in [4.78, 5) is 14.1. The zero-order valence-corrected chi connectivity index (χ0v) is 6.63. The SMILES string of the molecule is COc1c(Cl)ccnc1C=O. The number of hydrogen-bond donors (Lipinski definition) is 0. The van der Waals surface area contributed by atoms with Gasteiger partial charge in [-0.2, -0.15) is 0 Å². The van der Waals surface area contributed by atoms with Crippen molar-refractivity contribution in [3.8, 4) is 5.75 Å². The van der Waals surface area contributed by atoms with Crippen molar-refractivity contribution in [3.63, 3.8) is 0 Å². The number of aldehydes is 1. The molecule has 0 fully saturated rings. The summed E-state index contributed by atoms with van der Waals surface area (Å²) >= 11 is 5.68. The van der Waals surface area contributed by atoms with E-state index in [-0.39, 0.29) is 5.69 Å². The number of ether oxygens (including phenoxy) is 1. The van der Waals surface area contributed by atoms with Gasteiger partial charge in [-0.05, 0) is 6.07 Å². The van der Waals surface area contributed by atoms with Crippen molar-refractivity contribution >= 4 is 17.9 Å². The van der Waals surface area contributed by atoms with Crippen molar-refractivity contribution in [2.24, 2.45) is 0 Å². The number of carbonyl (C=O) groups is 1. The monoisotopic (exact) mass is 171 g/mol. The summed E-state index contributed by atoms with van der Waals surface area (Å²) < 4.78 is 4.84. The van der Waals surface area contributed by atoms with Gasteiger partial charge >= 0.3 is 0 Å². The van der Waals surface area contributed by atoms with Gasteiger partial charge in [0.25, 0.3) is 0 Å². The molecule has 0 aromatic carbocycles. The average molecular weight is 172 g/mol. The first-order chi connectivity index (χ1) is 5.29. The summed E-state index contributed by atoms with van der Waals surface area (Å²) in [5, 5.41) is 0.393. The molecule has 1 aromatic heterocycles. The topological polar surface area (TPSA) is 39.2 Å². The van der Waals surface area contributed by atoms with Gasteiger partial charge in [-0.1, -0.05) is 11.6 Å². The van der Waals surface area contributed by atoms with Gasteiger partial charge in [0, 0.05) is 6.20 Å². The van der Waals surface area contributed by atoms with E-state index in [1.807, 2.05) is 0 Å². The standard InChI is InChI=1S/C7H6ClNO2/c1-11-7-5(8)2-3-9-6(7)4-10/h2-4H,1H3. The molecule has 0 spiro atoms. The maximum absolute atomic E-state index is 10.3. The minimum atomic E-state index is 0.222. The second kappa shape index (κ2) is 3.34. The number of pyridine rings is 1. The summed E-state index contributed by atoms with van der Waals surface area (Å²) in [5.41, 5.74) is 0.222. The molecule has 3 nitrogen and oxygen atoms in total. The highest BCUT2D eigenvalue weighted by molar-refractivity contribution is 6.32. The summed E-state index contributed by atoms with van der Waals surface area (Å²) in [5.74, 6) is 0.323. The Kier molecular flexibility index (Phi) is 2.44. The van der Waals surface area contributed by atoms with Crippen LogP contribution in [0.5, 0.6) is 5.75 Å². The number of halogens is 1. The Morgan fingerprint density at radius 2 is 2.45 bits per heavy atom. The molecule has 0 atom stereocenters. The quantitative estimate of drug-likeness (QED) is 0.634. The van der Waals surface area contributed by atoms with E-state index < -0.39 is 0 Å². The van der Waals surface area contributed by atoms with Crippen LogP contribution in [-0.2, 0) is 0 Å². The van der Waals surface area contributed by atoms with Crippen molar-refractivity contribution in [1.29, 1.82) is 0 Å². The second-order valence-electron chi connectivity index (χ2n) is 1.83. The van der Waals surface area contributed by atoms with Crippen molar-refractivity contribution in [2.45, 2.75) is 0 Å². The van der Waals surface area contributed by atoms with E-state index in [2.05, 4.69) is 4.98 Å². The van der Waals surface area contributed by atoms with E-state index in [1.54, 1.807) is 6.07 Å². The first-order valence-electron chi connectivity index (χ1n) is 2.93. The largest absolute Gasteiger partial charge is 0.493 e. The van der Waals surface area contributed by atoms with Crippen LogP contribution >= 0.6 is 11.6 Å². The maximum atomic E-state index is 10.3. The number of carbonyl (C=O) groups excluding carboxylic acids is 1. The molecule has 0 aliphatic rings. The van der Waals surface area contributed by atoms with Crippen molar-refractivity contribution in [1.82, 2.24) is 4.98 Å². The van der Waals surface area contributed by atoms with Crippen molar-refractivity contribution in [2.75, 3.05) is 7.11 Å². The molecule has 0 unspecified atom stereocenters. The van der Waals surface area contributed by atoms with E-state index in [9.17, 15) is 4.79 Å². The van der Waals surface area contributed by atoms with Crippen LogP contribution in [0, 0.1) is 0 Å². The molecule has 0 radical (unpaired) electrons. The molecule has 0 aliphatic carbocycles. The molecule has 0 bridgehead atoms. The van der Waals surface area contributed by atoms with E-state index >= 15 is 0 Å². The molecule has 0 amide bonds. The second-order valence-corrected chi connectivity index (χ2v) is 2.24. The molecule has 11 heavy (non-hydrogen) atoms. The van der Waals surface area contributed by atoms with E-state index in [0.717, 1.165) is 0 Å².